The van der Waals surface area contributed by atoms with E-state index in [2.05, 4.69) is 281 Å². The Bertz CT molecular complexity index is 4390. The minimum atomic E-state index is -3.15. The molecule has 5 heterocycles. The maximum absolute atomic E-state index is 5.18. The number of rotatable bonds is 8. The fraction of sp³-hybridized carbons (Fsp3) is 0. The Balaban J connectivity index is 1.08. The van der Waals surface area contributed by atoms with Crippen molar-refractivity contribution in [2.75, 3.05) is 4.90 Å². The zero-order valence-electron chi connectivity index (χ0n) is 40.9. The van der Waals surface area contributed by atoms with E-state index in [0.29, 0.717) is 0 Å². The first-order chi connectivity index (χ1) is 37.2. The van der Waals surface area contributed by atoms with Crippen LogP contribution in [0, 0.1) is 0 Å². The van der Waals surface area contributed by atoms with Crippen molar-refractivity contribution in [3.8, 4) is 5.82 Å². The quantitative estimate of drug-likeness (QED) is 0.0865. The average molecular weight is 990 g/mol. The highest BCUT2D eigenvalue weighted by molar-refractivity contribution is 7.21. The largest absolute Gasteiger partial charge is 0.311 e. The summed E-state index contributed by atoms with van der Waals surface area (Å²) in [5.74, 6) is 0.873. The van der Waals surface area contributed by atoms with Crippen LogP contribution in [0.5, 0.6) is 0 Å². The minimum Gasteiger partial charge on any atom is -0.311 e. The van der Waals surface area contributed by atoms with Crippen LogP contribution in [0.1, 0.15) is 0 Å². The highest BCUT2D eigenvalue weighted by Crippen LogP contribution is 2.42. The van der Waals surface area contributed by atoms with Crippen molar-refractivity contribution < 1.29 is 0 Å². The van der Waals surface area contributed by atoms with Crippen LogP contribution in [0.4, 0.5) is 17.1 Å². The summed E-state index contributed by atoms with van der Waals surface area (Å²) in [4.78, 5) is 12.7. The molecule has 0 saturated carbocycles. The molecule has 352 valence electrons. The van der Waals surface area contributed by atoms with Gasteiger partial charge in [-0.3, -0.25) is 8.97 Å². The molecule has 0 bridgehead atoms. The second-order valence-electron chi connectivity index (χ2n) is 19.7. The van der Waals surface area contributed by atoms with Crippen LogP contribution in [-0.2, 0) is 0 Å². The van der Waals surface area contributed by atoms with Crippen molar-refractivity contribution in [1.82, 2.24) is 18.9 Å². The molecule has 0 spiro atoms. The summed E-state index contributed by atoms with van der Waals surface area (Å²) >= 11 is 0. The molecular formula is C68H47N5Si2. The van der Waals surface area contributed by atoms with Crippen LogP contribution in [-0.4, -0.2) is 35.1 Å². The number of nitrogens with zero attached hydrogens (tertiary/aromatic N) is 5. The molecule has 10 aromatic carbocycles. The lowest BCUT2D eigenvalue weighted by Gasteiger charge is -2.45. The number of fused-ring (bicyclic) bond motifs is 11. The summed E-state index contributed by atoms with van der Waals surface area (Å²) in [6.45, 7) is 0. The van der Waals surface area contributed by atoms with Crippen LogP contribution >= 0.6 is 0 Å². The number of anilines is 3. The van der Waals surface area contributed by atoms with Crippen LogP contribution in [0.3, 0.4) is 0 Å². The van der Waals surface area contributed by atoms with Gasteiger partial charge in [-0.15, -0.1) is 0 Å². The van der Waals surface area contributed by atoms with Crippen molar-refractivity contribution in [3.05, 3.63) is 286 Å². The summed E-state index contributed by atoms with van der Waals surface area (Å²) in [5.41, 5.74) is 7.84. The van der Waals surface area contributed by atoms with E-state index in [9.17, 15) is 0 Å². The summed E-state index contributed by atoms with van der Waals surface area (Å²) in [5, 5.41) is 16.5. The summed E-state index contributed by atoms with van der Waals surface area (Å²) in [7, 11) is -6.17. The van der Waals surface area contributed by atoms with Gasteiger partial charge in [-0.25, -0.2) is 9.97 Å². The van der Waals surface area contributed by atoms with Crippen molar-refractivity contribution >= 4 is 124 Å². The third kappa shape index (κ3) is 6.29. The second kappa shape index (κ2) is 17.1. The Kier molecular flexibility index (Phi) is 9.85. The average Bonchev–Trinajstić information content (AvgIpc) is 4.23. The second-order valence-corrected chi connectivity index (χ2v) is 27.2. The van der Waals surface area contributed by atoms with Gasteiger partial charge in [0.1, 0.15) is 11.5 Å². The molecule has 0 saturated heterocycles. The molecule has 0 unspecified atom stereocenters. The molecule has 7 heteroatoms. The molecule has 0 atom stereocenters. The van der Waals surface area contributed by atoms with Gasteiger partial charge in [-0.05, 0) is 101 Å². The van der Waals surface area contributed by atoms with Gasteiger partial charge in [-0.1, -0.05) is 212 Å². The molecule has 14 aromatic rings. The van der Waals surface area contributed by atoms with E-state index in [-0.39, 0.29) is 0 Å². The predicted octanol–water partition coefficient (Wildman–Crippen LogP) is 10.7. The molecule has 0 N–H and O–H groups in total. The van der Waals surface area contributed by atoms with Gasteiger partial charge in [0.2, 0.25) is 0 Å². The van der Waals surface area contributed by atoms with Gasteiger partial charge in [0.25, 0.3) is 0 Å². The summed E-state index contributed by atoms with van der Waals surface area (Å²) in [6.07, 6.45) is 5.95. The lowest BCUT2D eigenvalue weighted by atomic mass is 10.1. The molecule has 0 amide bonds. The first kappa shape index (κ1) is 43.2. The van der Waals surface area contributed by atoms with Gasteiger partial charge in [-0.2, -0.15) is 0 Å². The first-order valence-corrected chi connectivity index (χ1v) is 29.7. The van der Waals surface area contributed by atoms with E-state index in [1.807, 2.05) is 18.5 Å². The Hall–Kier alpha value is -9.41. The zero-order chi connectivity index (χ0) is 49.5. The van der Waals surface area contributed by atoms with E-state index < -0.39 is 16.1 Å². The van der Waals surface area contributed by atoms with E-state index in [1.165, 1.54) is 74.4 Å². The standard InChI is InChI=1S/C68H47N5Si2/c1-6-22-48(23-7-1)72-61-34-18-19-35-65(61)75(51-28-12-4-13-29-51,52-30-14-5-15-31-52)66-46-58-57-40-38-54(45-62(57)73(63(58)47-64(66)72)67-36-20-21-41-69-67)74(49-24-8-2-9-25-49,50-26-10-3-11-27-50)53-37-39-55-56-32-16-17-33-60(56)71-43-42-70-68(71)59(55)44-53/h1-47H. The third-order valence-electron chi connectivity index (χ3n) is 16.0. The number of imidazole rings is 1. The maximum Gasteiger partial charge on any atom is 0.184 e. The predicted molar refractivity (Wildman–Crippen MR) is 318 cm³/mol. The highest BCUT2D eigenvalue weighted by atomic mass is 28.3. The van der Waals surface area contributed by atoms with Crippen molar-refractivity contribution in [2.45, 2.75) is 0 Å². The van der Waals surface area contributed by atoms with Gasteiger partial charge in [0.15, 0.2) is 16.1 Å². The van der Waals surface area contributed by atoms with E-state index >= 15 is 0 Å². The number of aromatic nitrogens is 4. The molecule has 0 aliphatic carbocycles. The van der Waals surface area contributed by atoms with Gasteiger partial charge < -0.3 is 4.90 Å². The zero-order valence-corrected chi connectivity index (χ0v) is 42.9. The number of pyridine rings is 2. The van der Waals surface area contributed by atoms with Crippen LogP contribution < -0.4 is 46.4 Å². The SMILES string of the molecule is c1ccc(N2c3ccccc3[Si](c3ccccc3)(c3ccccc3)c3cc4c5ccc([Si](c6ccccc6)(c6ccccc6)c6ccc7c8ccccc8n8ccnc8c7c6)cc5n(-c5ccccn5)c4cc32)cc1. The van der Waals surface area contributed by atoms with E-state index in [1.54, 1.807) is 0 Å². The molecule has 1 aliphatic heterocycles. The van der Waals surface area contributed by atoms with Crippen molar-refractivity contribution in [2.24, 2.45) is 0 Å². The lowest BCUT2D eigenvalue weighted by Crippen LogP contribution is -2.77. The van der Waals surface area contributed by atoms with Gasteiger partial charge >= 0.3 is 0 Å². The molecule has 15 rings (SSSR count). The van der Waals surface area contributed by atoms with Gasteiger partial charge in [0.05, 0.1) is 16.6 Å². The number of hydrogen-bond donors (Lipinski definition) is 0. The molecule has 1 aliphatic rings. The van der Waals surface area contributed by atoms with Crippen molar-refractivity contribution in [1.29, 1.82) is 0 Å². The van der Waals surface area contributed by atoms with Crippen LogP contribution in [0.25, 0.3) is 54.9 Å². The molecule has 0 radical (unpaired) electrons. The van der Waals surface area contributed by atoms with Crippen LogP contribution in [0.2, 0.25) is 0 Å². The van der Waals surface area contributed by atoms with Crippen LogP contribution in [0.15, 0.2) is 286 Å². The lowest BCUT2D eigenvalue weighted by molar-refractivity contribution is 1.08. The molecule has 75 heavy (non-hydrogen) atoms. The summed E-state index contributed by atoms with van der Waals surface area (Å²) in [6, 6.07) is 100.0. The topological polar surface area (TPSA) is 38.4 Å². The fourth-order valence-electron chi connectivity index (χ4n) is 13.0. The Labute approximate surface area is 436 Å². The smallest absolute Gasteiger partial charge is 0.184 e. The number of para-hydroxylation sites is 3. The maximum atomic E-state index is 5.18. The third-order valence-corrected chi connectivity index (χ3v) is 25.6. The minimum absolute atomic E-state index is 0.873. The first-order valence-electron chi connectivity index (χ1n) is 25.7. The Morgan fingerprint density at radius 1 is 0.347 bits per heavy atom. The van der Waals surface area contributed by atoms with E-state index in [0.717, 1.165) is 39.1 Å². The van der Waals surface area contributed by atoms with Gasteiger partial charge in [0, 0.05) is 57.2 Å². The molecule has 5 nitrogen and oxygen atoms in total. The molecular weight excluding hydrogens is 943 g/mol. The number of benzene rings is 10. The number of hydrogen-bond acceptors (Lipinski definition) is 3. The highest BCUT2D eigenvalue weighted by Gasteiger charge is 2.49. The van der Waals surface area contributed by atoms with Crippen molar-refractivity contribution in [3.63, 3.8) is 0 Å². The normalized spacial score (nSPS) is 13.1. The Morgan fingerprint density at radius 3 is 1.61 bits per heavy atom. The molecule has 0 fully saturated rings. The van der Waals surface area contributed by atoms with E-state index in [4.69, 9.17) is 9.97 Å². The Morgan fingerprint density at radius 2 is 0.920 bits per heavy atom. The molecule has 4 aromatic heterocycles. The summed E-state index contributed by atoms with van der Waals surface area (Å²) < 4.78 is 4.68. The monoisotopic (exact) mass is 989 g/mol. The fourth-order valence-corrected chi connectivity index (χ4v) is 22.8.